The largest absolute Gasteiger partial charge is 0.460 e. The van der Waals surface area contributed by atoms with E-state index in [1.807, 2.05) is 0 Å². The van der Waals surface area contributed by atoms with Gasteiger partial charge in [-0.2, -0.15) is 48.3 Å². The summed E-state index contributed by atoms with van der Waals surface area (Å²) in [7, 11) is 0. The SMILES string of the molecule is C=CCC(F)(F)C(F)(F)C(F)(F)C(F)(F)C(F)(F)F. The van der Waals surface area contributed by atoms with Crippen molar-refractivity contribution in [1.29, 1.82) is 0 Å². The molecule has 0 fully saturated rings. The van der Waals surface area contributed by atoms with Crippen molar-refractivity contribution in [2.75, 3.05) is 0 Å². The van der Waals surface area contributed by atoms with Gasteiger partial charge in [0.1, 0.15) is 0 Å². The number of halogens is 11. The van der Waals surface area contributed by atoms with E-state index in [-0.39, 0.29) is 6.08 Å². The average Bonchev–Trinajstić information content (AvgIpc) is 2.14. The maximum atomic E-state index is 12.7. The van der Waals surface area contributed by atoms with Gasteiger partial charge in [-0.25, -0.2) is 0 Å². The zero-order valence-electron chi connectivity index (χ0n) is 8.65. The van der Waals surface area contributed by atoms with Crippen LogP contribution in [0.2, 0.25) is 0 Å². The predicted molar refractivity (Wildman–Crippen MR) is 40.7 cm³/mol. The Morgan fingerprint density at radius 1 is 0.632 bits per heavy atom. The van der Waals surface area contributed by atoms with Gasteiger partial charge in [-0.1, -0.05) is 6.08 Å². The zero-order chi connectivity index (χ0) is 15.9. The molecule has 0 saturated heterocycles. The number of allylic oxidation sites excluding steroid dienone is 1. The third-order valence-electron chi connectivity index (χ3n) is 2.00. The van der Waals surface area contributed by atoms with E-state index in [4.69, 9.17) is 0 Å². The van der Waals surface area contributed by atoms with Crippen LogP contribution >= 0.6 is 0 Å². The first-order valence-electron chi connectivity index (χ1n) is 4.25. The van der Waals surface area contributed by atoms with Crippen LogP contribution in [0.3, 0.4) is 0 Å². The Balaban J connectivity index is 5.83. The number of hydrogen-bond donors (Lipinski definition) is 0. The maximum absolute atomic E-state index is 12.7. The molecule has 0 aromatic heterocycles. The Bertz CT molecular complexity index is 337. The summed E-state index contributed by atoms with van der Waals surface area (Å²) in [6, 6.07) is 0. The lowest BCUT2D eigenvalue weighted by Crippen LogP contribution is -2.66. The first-order valence-corrected chi connectivity index (χ1v) is 4.25. The Morgan fingerprint density at radius 3 is 1.26 bits per heavy atom. The Hall–Kier alpha value is -1.03. The van der Waals surface area contributed by atoms with E-state index in [0.29, 0.717) is 0 Å². The lowest BCUT2D eigenvalue weighted by molar-refractivity contribution is -0.421. The van der Waals surface area contributed by atoms with Crippen LogP contribution in [0.15, 0.2) is 12.7 Å². The van der Waals surface area contributed by atoms with Crippen LogP contribution in [0, 0.1) is 0 Å². The van der Waals surface area contributed by atoms with Gasteiger partial charge < -0.3 is 0 Å². The van der Waals surface area contributed by atoms with Gasteiger partial charge in [0.05, 0.1) is 0 Å². The zero-order valence-corrected chi connectivity index (χ0v) is 8.65. The number of rotatable bonds is 5. The van der Waals surface area contributed by atoms with Crippen LogP contribution in [0.1, 0.15) is 6.42 Å². The fourth-order valence-electron chi connectivity index (χ4n) is 0.914. The highest BCUT2D eigenvalue weighted by molar-refractivity contribution is 5.07. The van der Waals surface area contributed by atoms with Crippen molar-refractivity contribution in [3.8, 4) is 0 Å². The molecule has 0 aliphatic heterocycles. The van der Waals surface area contributed by atoms with Gasteiger partial charge in [-0.15, -0.1) is 6.58 Å². The second-order valence-corrected chi connectivity index (χ2v) is 3.42. The van der Waals surface area contributed by atoms with Gasteiger partial charge in [0, 0.05) is 6.42 Å². The monoisotopic (exact) mass is 310 g/mol. The van der Waals surface area contributed by atoms with E-state index in [1.54, 1.807) is 0 Å². The summed E-state index contributed by atoms with van der Waals surface area (Å²) in [4.78, 5) is 0. The van der Waals surface area contributed by atoms with Crippen molar-refractivity contribution in [2.24, 2.45) is 0 Å². The van der Waals surface area contributed by atoms with Gasteiger partial charge in [0.25, 0.3) is 0 Å². The minimum atomic E-state index is -7.33. The second-order valence-electron chi connectivity index (χ2n) is 3.42. The van der Waals surface area contributed by atoms with E-state index >= 15 is 0 Å². The summed E-state index contributed by atoms with van der Waals surface area (Å²) in [5.74, 6) is -27.4. The number of hydrogen-bond acceptors (Lipinski definition) is 0. The average molecular weight is 310 g/mol. The molecule has 0 bridgehead atoms. The van der Waals surface area contributed by atoms with Crippen molar-refractivity contribution >= 4 is 0 Å². The van der Waals surface area contributed by atoms with Crippen molar-refractivity contribution in [3.63, 3.8) is 0 Å². The summed E-state index contributed by atoms with van der Waals surface area (Å²) in [5, 5.41) is 0. The molecule has 0 aromatic rings. The molecule has 0 spiro atoms. The standard InChI is InChI=1S/C8H5F11/c1-2-3-4(9,10)5(11,12)6(13,14)7(15,16)8(17,18)19/h2H,1,3H2. The second kappa shape index (κ2) is 4.51. The molecule has 11 heteroatoms. The Labute approximate surface area is 98.4 Å². The molecule has 0 nitrogen and oxygen atoms in total. The highest BCUT2D eigenvalue weighted by Gasteiger charge is 2.86. The van der Waals surface area contributed by atoms with E-state index < -0.39 is 36.3 Å². The number of alkyl halides is 11. The van der Waals surface area contributed by atoms with E-state index in [0.717, 1.165) is 0 Å². The molecule has 0 aliphatic carbocycles. The smallest absolute Gasteiger partial charge is 0.199 e. The molecule has 0 atom stereocenters. The summed E-state index contributed by atoms with van der Waals surface area (Å²) in [6.07, 6.45) is -9.34. The molecule has 0 aliphatic rings. The van der Waals surface area contributed by atoms with Gasteiger partial charge in [0.2, 0.25) is 0 Å². The van der Waals surface area contributed by atoms with E-state index in [9.17, 15) is 48.3 Å². The van der Waals surface area contributed by atoms with Crippen LogP contribution in [0.25, 0.3) is 0 Å². The highest BCUT2D eigenvalue weighted by atomic mass is 19.4. The molecule has 0 N–H and O–H groups in total. The summed E-state index contributed by atoms with van der Waals surface area (Å²) >= 11 is 0. The first-order chi connectivity index (χ1) is 8.06. The molecule has 0 aromatic carbocycles. The minimum absolute atomic E-state index is 0.0181. The van der Waals surface area contributed by atoms with Gasteiger partial charge in [0.15, 0.2) is 0 Å². The highest BCUT2D eigenvalue weighted by Crippen LogP contribution is 2.57. The lowest BCUT2D eigenvalue weighted by Gasteiger charge is -2.36. The summed E-state index contributed by atoms with van der Waals surface area (Å²) in [6.45, 7) is 2.48. The molecule has 0 radical (unpaired) electrons. The van der Waals surface area contributed by atoms with Crippen LogP contribution in [0.5, 0.6) is 0 Å². The first kappa shape index (κ1) is 18.0. The minimum Gasteiger partial charge on any atom is -0.199 e. The molecule has 0 rings (SSSR count). The van der Waals surface area contributed by atoms with Crippen LogP contribution in [-0.2, 0) is 0 Å². The third-order valence-corrected chi connectivity index (χ3v) is 2.00. The molecule has 19 heavy (non-hydrogen) atoms. The molecule has 0 heterocycles. The van der Waals surface area contributed by atoms with Gasteiger partial charge in [-0.3, -0.25) is 0 Å². The van der Waals surface area contributed by atoms with Crippen LogP contribution in [0.4, 0.5) is 48.3 Å². The molecule has 0 amide bonds. The molecular weight excluding hydrogens is 305 g/mol. The lowest BCUT2D eigenvalue weighted by atomic mass is 9.96. The van der Waals surface area contributed by atoms with E-state index in [2.05, 4.69) is 6.58 Å². The Kier molecular flexibility index (Phi) is 4.27. The topological polar surface area (TPSA) is 0 Å². The fraction of sp³-hybridized carbons (Fsp3) is 0.750. The quantitative estimate of drug-likeness (QED) is 0.511. The molecule has 114 valence electrons. The Morgan fingerprint density at radius 2 is 1.00 bits per heavy atom. The van der Waals surface area contributed by atoms with Gasteiger partial charge >= 0.3 is 29.9 Å². The van der Waals surface area contributed by atoms with Crippen LogP contribution < -0.4 is 0 Å². The predicted octanol–water partition coefficient (Wildman–Crippen LogP) is 4.67. The van der Waals surface area contributed by atoms with Crippen molar-refractivity contribution < 1.29 is 48.3 Å². The normalized spacial score (nSPS) is 15.5. The molecule has 0 saturated carbocycles. The van der Waals surface area contributed by atoms with Crippen molar-refractivity contribution in [1.82, 2.24) is 0 Å². The third kappa shape index (κ3) is 2.50. The van der Waals surface area contributed by atoms with Crippen LogP contribution in [-0.4, -0.2) is 29.9 Å². The van der Waals surface area contributed by atoms with Gasteiger partial charge in [-0.05, 0) is 0 Å². The summed E-state index contributed by atoms with van der Waals surface area (Å²) < 4.78 is 135. The molecular formula is C8H5F11. The molecule has 0 unspecified atom stereocenters. The van der Waals surface area contributed by atoms with Crippen molar-refractivity contribution in [2.45, 2.75) is 36.3 Å². The fourth-order valence-corrected chi connectivity index (χ4v) is 0.914. The van der Waals surface area contributed by atoms with Crippen molar-refractivity contribution in [3.05, 3.63) is 12.7 Å². The van der Waals surface area contributed by atoms with E-state index in [1.165, 1.54) is 0 Å². The maximum Gasteiger partial charge on any atom is 0.460 e. The summed E-state index contributed by atoms with van der Waals surface area (Å²) in [5.41, 5.74) is 0.